The fraction of sp³-hybridized carbons (Fsp3) is 0.278. The van der Waals surface area contributed by atoms with Crippen LogP contribution in [0.1, 0.15) is 37.0 Å². The molecular formula is C18H21N3O3. The van der Waals surface area contributed by atoms with Crippen LogP contribution in [-0.2, 0) is 4.79 Å². The summed E-state index contributed by atoms with van der Waals surface area (Å²) in [5.74, 6) is 0.607. The number of aromatic nitrogens is 1. The minimum atomic E-state index is -0.274. The number of nitrogens with one attached hydrogen (secondary N) is 2. The van der Waals surface area contributed by atoms with E-state index in [1.165, 1.54) is 19.2 Å². The molecule has 2 N–H and O–H groups in total. The normalized spacial score (nSPS) is 10.1. The number of benzene rings is 1. The number of anilines is 2. The van der Waals surface area contributed by atoms with Gasteiger partial charge in [0, 0.05) is 24.4 Å². The highest BCUT2D eigenvalue weighted by molar-refractivity contribution is 6.05. The van der Waals surface area contributed by atoms with Crippen LogP contribution in [-0.4, -0.2) is 23.4 Å². The summed E-state index contributed by atoms with van der Waals surface area (Å²) in [6.07, 6.45) is 3.57. The smallest absolute Gasteiger partial charge is 0.255 e. The third-order valence-corrected chi connectivity index (χ3v) is 3.21. The van der Waals surface area contributed by atoms with Gasteiger partial charge < -0.3 is 15.4 Å². The van der Waals surface area contributed by atoms with Crippen LogP contribution in [0, 0.1) is 0 Å². The van der Waals surface area contributed by atoms with E-state index in [1.54, 1.807) is 18.2 Å². The molecule has 0 bridgehead atoms. The van der Waals surface area contributed by atoms with Gasteiger partial charge in [0.25, 0.3) is 5.91 Å². The summed E-state index contributed by atoms with van der Waals surface area (Å²) in [6.45, 7) is 4.18. The molecule has 2 rings (SSSR count). The topological polar surface area (TPSA) is 80.3 Å². The zero-order valence-corrected chi connectivity index (χ0v) is 13.8. The maximum Gasteiger partial charge on any atom is 0.255 e. The van der Waals surface area contributed by atoms with Gasteiger partial charge in [0.1, 0.15) is 11.6 Å². The average molecular weight is 327 g/mol. The van der Waals surface area contributed by atoms with Crippen LogP contribution in [0.4, 0.5) is 11.5 Å². The first-order valence-electron chi connectivity index (χ1n) is 7.86. The van der Waals surface area contributed by atoms with Crippen molar-refractivity contribution in [3.05, 3.63) is 48.2 Å². The van der Waals surface area contributed by atoms with Gasteiger partial charge in [-0.05, 0) is 42.8 Å². The number of pyridine rings is 1. The number of unbranched alkanes of at least 4 members (excludes halogenated alkanes) is 1. The van der Waals surface area contributed by atoms with Crippen LogP contribution in [0.5, 0.6) is 5.75 Å². The van der Waals surface area contributed by atoms with E-state index in [0.717, 1.165) is 18.6 Å². The van der Waals surface area contributed by atoms with E-state index in [4.69, 9.17) is 4.74 Å². The van der Waals surface area contributed by atoms with Gasteiger partial charge in [0.2, 0.25) is 5.91 Å². The second-order valence-corrected chi connectivity index (χ2v) is 5.29. The second-order valence-electron chi connectivity index (χ2n) is 5.29. The van der Waals surface area contributed by atoms with Crippen molar-refractivity contribution >= 4 is 23.3 Å². The predicted molar refractivity (Wildman–Crippen MR) is 93.3 cm³/mol. The third-order valence-electron chi connectivity index (χ3n) is 3.21. The fourth-order valence-corrected chi connectivity index (χ4v) is 1.99. The molecule has 0 saturated carbocycles. The summed E-state index contributed by atoms with van der Waals surface area (Å²) in [6, 6.07) is 10.3. The summed E-state index contributed by atoms with van der Waals surface area (Å²) >= 11 is 0. The highest BCUT2D eigenvalue weighted by Crippen LogP contribution is 2.17. The molecule has 0 fully saturated rings. The molecule has 6 heteroatoms. The Morgan fingerprint density at radius 2 is 1.88 bits per heavy atom. The molecule has 126 valence electrons. The number of rotatable bonds is 7. The van der Waals surface area contributed by atoms with Crippen LogP contribution in [0.2, 0.25) is 0 Å². The first-order chi connectivity index (χ1) is 11.6. The van der Waals surface area contributed by atoms with E-state index in [9.17, 15) is 9.59 Å². The lowest BCUT2D eigenvalue weighted by molar-refractivity contribution is -0.114. The van der Waals surface area contributed by atoms with Crippen LogP contribution in [0.15, 0.2) is 42.6 Å². The predicted octanol–water partition coefficient (Wildman–Crippen LogP) is 3.47. The molecule has 0 spiro atoms. The number of nitrogens with zero attached hydrogens (tertiary/aromatic N) is 1. The van der Waals surface area contributed by atoms with Crippen molar-refractivity contribution in [2.75, 3.05) is 17.2 Å². The van der Waals surface area contributed by atoms with Gasteiger partial charge in [-0.2, -0.15) is 0 Å². The zero-order valence-electron chi connectivity index (χ0n) is 13.8. The van der Waals surface area contributed by atoms with E-state index in [-0.39, 0.29) is 11.8 Å². The highest BCUT2D eigenvalue weighted by atomic mass is 16.5. The van der Waals surface area contributed by atoms with Crippen molar-refractivity contribution in [3.63, 3.8) is 0 Å². The number of ether oxygens (including phenoxy) is 1. The Balaban J connectivity index is 1.97. The number of carbonyl (C=O) groups excluding carboxylic acids is 2. The van der Waals surface area contributed by atoms with E-state index < -0.39 is 0 Å². The lowest BCUT2D eigenvalue weighted by atomic mass is 10.2. The molecule has 0 radical (unpaired) electrons. The van der Waals surface area contributed by atoms with Gasteiger partial charge in [-0.15, -0.1) is 0 Å². The van der Waals surface area contributed by atoms with Crippen molar-refractivity contribution in [2.24, 2.45) is 0 Å². The van der Waals surface area contributed by atoms with Gasteiger partial charge in [-0.25, -0.2) is 4.98 Å². The molecule has 2 amide bonds. The molecule has 6 nitrogen and oxygen atoms in total. The lowest BCUT2D eigenvalue weighted by Crippen LogP contribution is -2.13. The molecule has 0 saturated heterocycles. The molecule has 2 aromatic rings. The Kier molecular flexibility index (Phi) is 6.31. The molecule has 0 aliphatic heterocycles. The van der Waals surface area contributed by atoms with Gasteiger partial charge in [0.05, 0.1) is 6.61 Å². The highest BCUT2D eigenvalue weighted by Gasteiger charge is 2.08. The number of amides is 2. The maximum absolute atomic E-state index is 12.3. The van der Waals surface area contributed by atoms with E-state index in [2.05, 4.69) is 22.5 Å². The Morgan fingerprint density at radius 3 is 2.54 bits per heavy atom. The quantitative estimate of drug-likeness (QED) is 0.763. The molecule has 1 aromatic heterocycles. The summed E-state index contributed by atoms with van der Waals surface area (Å²) in [5, 5.41) is 5.35. The van der Waals surface area contributed by atoms with Gasteiger partial charge in [0.15, 0.2) is 0 Å². The molecule has 1 heterocycles. The van der Waals surface area contributed by atoms with Crippen molar-refractivity contribution in [1.82, 2.24) is 4.98 Å². The van der Waals surface area contributed by atoms with E-state index in [0.29, 0.717) is 23.7 Å². The summed E-state index contributed by atoms with van der Waals surface area (Å²) in [4.78, 5) is 27.3. The van der Waals surface area contributed by atoms with Crippen LogP contribution in [0.3, 0.4) is 0 Å². The monoisotopic (exact) mass is 327 g/mol. The van der Waals surface area contributed by atoms with Crippen molar-refractivity contribution in [2.45, 2.75) is 26.7 Å². The third kappa shape index (κ3) is 5.39. The van der Waals surface area contributed by atoms with Crippen LogP contribution in [0.25, 0.3) is 0 Å². The Morgan fingerprint density at radius 1 is 1.12 bits per heavy atom. The number of carbonyl (C=O) groups is 2. The van der Waals surface area contributed by atoms with Crippen molar-refractivity contribution in [1.29, 1.82) is 0 Å². The average Bonchev–Trinajstić information content (AvgIpc) is 2.56. The SMILES string of the molecule is CCCCOc1ccc(NC(=O)c2ccnc(NC(C)=O)c2)cc1. The molecule has 0 aliphatic carbocycles. The van der Waals surface area contributed by atoms with Gasteiger partial charge in [-0.1, -0.05) is 13.3 Å². The molecule has 24 heavy (non-hydrogen) atoms. The van der Waals surface area contributed by atoms with Crippen molar-refractivity contribution < 1.29 is 14.3 Å². The van der Waals surface area contributed by atoms with Crippen LogP contribution < -0.4 is 15.4 Å². The maximum atomic E-state index is 12.3. The minimum absolute atomic E-state index is 0.237. The molecule has 0 atom stereocenters. The number of hydrogen-bond acceptors (Lipinski definition) is 4. The Hall–Kier alpha value is -2.89. The number of hydrogen-bond donors (Lipinski definition) is 2. The minimum Gasteiger partial charge on any atom is -0.494 e. The lowest BCUT2D eigenvalue weighted by Gasteiger charge is -2.09. The standard InChI is InChI=1S/C18H21N3O3/c1-3-4-11-24-16-7-5-15(6-8-16)21-18(23)14-9-10-19-17(12-14)20-13(2)22/h5-10,12H,3-4,11H2,1-2H3,(H,21,23)(H,19,20,22). The molecule has 1 aromatic carbocycles. The fourth-order valence-electron chi connectivity index (χ4n) is 1.99. The second kappa shape index (κ2) is 8.67. The van der Waals surface area contributed by atoms with Crippen molar-refractivity contribution in [3.8, 4) is 5.75 Å². The largest absolute Gasteiger partial charge is 0.494 e. The first-order valence-corrected chi connectivity index (χ1v) is 7.86. The van der Waals surface area contributed by atoms with Gasteiger partial charge in [-0.3, -0.25) is 9.59 Å². The summed E-state index contributed by atoms with van der Waals surface area (Å²) in [5.41, 5.74) is 1.08. The molecule has 0 aliphatic rings. The van der Waals surface area contributed by atoms with E-state index >= 15 is 0 Å². The zero-order chi connectivity index (χ0) is 17.4. The van der Waals surface area contributed by atoms with Gasteiger partial charge >= 0.3 is 0 Å². The summed E-state index contributed by atoms with van der Waals surface area (Å²) in [7, 11) is 0. The first kappa shape index (κ1) is 17.5. The molecular weight excluding hydrogens is 306 g/mol. The van der Waals surface area contributed by atoms with E-state index in [1.807, 2.05) is 12.1 Å². The Labute approximate surface area is 141 Å². The Bertz CT molecular complexity index is 699. The summed E-state index contributed by atoms with van der Waals surface area (Å²) < 4.78 is 5.58. The molecule has 0 unspecified atom stereocenters. The van der Waals surface area contributed by atoms with Crippen LogP contribution >= 0.6 is 0 Å².